The summed E-state index contributed by atoms with van der Waals surface area (Å²) >= 11 is 0. The van der Waals surface area contributed by atoms with E-state index in [-0.39, 0.29) is 44.1 Å². The molecule has 0 aliphatic carbocycles. The van der Waals surface area contributed by atoms with E-state index in [0.29, 0.717) is 18.7 Å². The molecule has 0 saturated carbocycles. The van der Waals surface area contributed by atoms with Crippen LogP contribution in [0.3, 0.4) is 0 Å². The summed E-state index contributed by atoms with van der Waals surface area (Å²) in [6.07, 6.45) is -9.26. The maximum atomic E-state index is 13.9. The van der Waals surface area contributed by atoms with Crippen LogP contribution >= 0.6 is 0 Å². The van der Waals surface area contributed by atoms with Gasteiger partial charge in [0.15, 0.2) is 0 Å². The average Bonchev–Trinajstić information content (AvgIpc) is 3.08. The van der Waals surface area contributed by atoms with Crippen LogP contribution in [0.15, 0.2) is 48.5 Å². The van der Waals surface area contributed by atoms with Crippen molar-refractivity contribution in [2.24, 2.45) is 0 Å². The number of alkyl halides is 6. The van der Waals surface area contributed by atoms with E-state index < -0.39 is 40.5 Å². The van der Waals surface area contributed by atoms with Crippen molar-refractivity contribution in [3.63, 3.8) is 0 Å². The van der Waals surface area contributed by atoms with Crippen molar-refractivity contribution < 1.29 is 35.9 Å². The fourth-order valence-electron chi connectivity index (χ4n) is 5.73. The Morgan fingerprint density at radius 2 is 1.50 bits per heavy atom. The topological polar surface area (TPSA) is 47.1 Å². The molecular weight excluding hydrogens is 538 g/mol. The number of carbonyl (C=O) groups is 2. The molecule has 2 heterocycles. The van der Waals surface area contributed by atoms with Crippen molar-refractivity contribution in [1.29, 1.82) is 0 Å². The molecule has 2 aromatic rings. The summed E-state index contributed by atoms with van der Waals surface area (Å²) in [6, 6.07) is 10.3. The van der Waals surface area contributed by atoms with Crippen LogP contribution < -0.4 is 4.90 Å². The molecule has 0 radical (unpaired) electrons. The van der Waals surface area contributed by atoms with Gasteiger partial charge >= 0.3 is 12.4 Å². The monoisotopic (exact) mass is 570 g/mol. The fourth-order valence-corrected chi connectivity index (χ4v) is 5.73. The van der Waals surface area contributed by atoms with Gasteiger partial charge in [0.1, 0.15) is 11.7 Å². The first-order valence-corrected chi connectivity index (χ1v) is 13.0. The molecule has 218 valence electrons. The summed E-state index contributed by atoms with van der Waals surface area (Å²) in [7, 11) is 3.89. The summed E-state index contributed by atoms with van der Waals surface area (Å²) in [5, 5.41) is 0. The Bertz CT molecular complexity index is 1190. The van der Waals surface area contributed by atoms with Crippen LogP contribution in [0.1, 0.15) is 47.7 Å². The fraction of sp³-hybridized carbons (Fsp3) is 0.500. The van der Waals surface area contributed by atoms with Crippen molar-refractivity contribution in [2.75, 3.05) is 45.2 Å². The van der Waals surface area contributed by atoms with E-state index in [9.17, 15) is 35.9 Å². The molecule has 0 aromatic heterocycles. The quantitative estimate of drug-likeness (QED) is 0.440. The Kier molecular flexibility index (Phi) is 8.13. The van der Waals surface area contributed by atoms with E-state index >= 15 is 0 Å². The van der Waals surface area contributed by atoms with Gasteiger partial charge < -0.3 is 19.6 Å². The summed E-state index contributed by atoms with van der Waals surface area (Å²) < 4.78 is 80.1. The van der Waals surface area contributed by atoms with Gasteiger partial charge in [0.25, 0.3) is 5.91 Å². The van der Waals surface area contributed by atoms with Crippen LogP contribution in [0, 0.1) is 0 Å². The zero-order chi connectivity index (χ0) is 29.5. The number of halogens is 6. The lowest BCUT2D eigenvalue weighted by Crippen LogP contribution is -2.58. The molecule has 0 bridgehead atoms. The minimum Gasteiger partial charge on any atom is -0.338 e. The van der Waals surface area contributed by atoms with Gasteiger partial charge in [0.2, 0.25) is 5.91 Å². The molecule has 2 saturated heterocycles. The zero-order valence-corrected chi connectivity index (χ0v) is 22.5. The summed E-state index contributed by atoms with van der Waals surface area (Å²) in [4.78, 5) is 34.2. The Morgan fingerprint density at radius 1 is 0.950 bits per heavy atom. The standard InChI is InChI=1S/C28H32F6N4O2/c1-19-37(13-7-12-35(2)3)25(40)26(38(19)23-8-5-4-6-9-23)10-14-36(15-11-26)24(39)20-16-21(27(29,30)31)18-22(17-20)28(32,33)34/h4-6,8-9,16-19H,7,10-15H2,1-3H3. The van der Waals surface area contributed by atoms with Gasteiger partial charge in [-0.15, -0.1) is 0 Å². The summed E-state index contributed by atoms with van der Waals surface area (Å²) in [5.74, 6) is -1.02. The SMILES string of the molecule is CC1N(CCCN(C)C)C(=O)C2(CCN(C(=O)c3cc(C(F)(F)F)cc(C(F)(F)F)c3)CC2)N1c1ccccc1. The first-order valence-electron chi connectivity index (χ1n) is 13.0. The number of amides is 2. The maximum Gasteiger partial charge on any atom is 0.416 e. The molecule has 1 unspecified atom stereocenters. The van der Waals surface area contributed by atoms with Gasteiger partial charge in [-0.05, 0) is 77.2 Å². The number of rotatable bonds is 6. The smallest absolute Gasteiger partial charge is 0.338 e. The second-order valence-corrected chi connectivity index (χ2v) is 10.6. The Balaban J connectivity index is 1.61. The number of hydrogen-bond donors (Lipinski definition) is 0. The number of nitrogens with zero attached hydrogens (tertiary/aromatic N) is 4. The highest BCUT2D eigenvalue weighted by molar-refractivity contribution is 5.97. The van der Waals surface area contributed by atoms with E-state index in [1.807, 2.05) is 66.1 Å². The molecule has 2 amide bonds. The van der Waals surface area contributed by atoms with Crippen LogP contribution in [0.5, 0.6) is 0 Å². The van der Waals surface area contributed by atoms with E-state index in [1.54, 1.807) is 0 Å². The molecule has 1 spiro atoms. The van der Waals surface area contributed by atoms with Crippen molar-refractivity contribution >= 4 is 17.5 Å². The van der Waals surface area contributed by atoms with Crippen LogP contribution in [0.4, 0.5) is 32.0 Å². The number of likely N-dealkylation sites (tertiary alicyclic amines) is 1. The maximum absolute atomic E-state index is 13.9. The largest absolute Gasteiger partial charge is 0.416 e. The normalized spacial score (nSPS) is 19.7. The summed E-state index contributed by atoms with van der Waals surface area (Å²) in [5.41, 5.74) is -3.92. The third-order valence-corrected chi connectivity index (χ3v) is 7.70. The van der Waals surface area contributed by atoms with Crippen LogP contribution in [-0.4, -0.2) is 78.5 Å². The number of benzene rings is 2. The predicted octanol–water partition coefficient (Wildman–Crippen LogP) is 5.35. The van der Waals surface area contributed by atoms with Gasteiger partial charge in [-0.2, -0.15) is 26.3 Å². The third kappa shape index (κ3) is 5.77. The zero-order valence-electron chi connectivity index (χ0n) is 22.5. The molecule has 2 aromatic carbocycles. The van der Waals surface area contributed by atoms with E-state index in [0.717, 1.165) is 18.7 Å². The average molecular weight is 571 g/mol. The van der Waals surface area contributed by atoms with Crippen molar-refractivity contribution in [2.45, 2.75) is 50.2 Å². The molecule has 12 heteroatoms. The molecule has 4 rings (SSSR count). The highest BCUT2D eigenvalue weighted by Crippen LogP contribution is 2.43. The molecule has 0 N–H and O–H groups in total. The molecule has 2 aliphatic rings. The highest BCUT2D eigenvalue weighted by Gasteiger charge is 2.57. The second kappa shape index (κ2) is 10.9. The first-order chi connectivity index (χ1) is 18.6. The number of carbonyl (C=O) groups excluding carboxylic acids is 2. The molecule has 6 nitrogen and oxygen atoms in total. The van der Waals surface area contributed by atoms with Crippen molar-refractivity contribution in [3.05, 3.63) is 65.2 Å². The lowest BCUT2D eigenvalue weighted by molar-refractivity contribution is -0.143. The minimum absolute atomic E-state index is 0.00316. The number of para-hydroxylation sites is 1. The summed E-state index contributed by atoms with van der Waals surface area (Å²) in [6.45, 7) is 3.26. The first kappa shape index (κ1) is 29.7. The number of anilines is 1. The molecule has 1 atom stereocenters. The van der Waals surface area contributed by atoms with E-state index in [1.165, 1.54) is 4.90 Å². The van der Waals surface area contributed by atoms with Crippen LogP contribution in [0.25, 0.3) is 0 Å². The van der Waals surface area contributed by atoms with Gasteiger partial charge in [-0.1, -0.05) is 18.2 Å². The lowest BCUT2D eigenvalue weighted by atomic mass is 9.85. The molecule has 40 heavy (non-hydrogen) atoms. The van der Waals surface area contributed by atoms with Crippen LogP contribution in [-0.2, 0) is 17.1 Å². The minimum atomic E-state index is -5.05. The van der Waals surface area contributed by atoms with Crippen molar-refractivity contribution in [1.82, 2.24) is 14.7 Å². The second-order valence-electron chi connectivity index (χ2n) is 10.6. The van der Waals surface area contributed by atoms with Gasteiger partial charge in [0.05, 0.1) is 11.1 Å². The van der Waals surface area contributed by atoms with Crippen LogP contribution in [0.2, 0.25) is 0 Å². The lowest BCUT2D eigenvalue weighted by Gasteiger charge is -2.44. The molecule has 2 aliphatic heterocycles. The van der Waals surface area contributed by atoms with Gasteiger partial charge in [-0.3, -0.25) is 9.59 Å². The van der Waals surface area contributed by atoms with Gasteiger partial charge in [0, 0.05) is 30.9 Å². The highest BCUT2D eigenvalue weighted by atomic mass is 19.4. The Hall–Kier alpha value is -3.28. The predicted molar refractivity (Wildman–Crippen MR) is 138 cm³/mol. The number of hydrogen-bond acceptors (Lipinski definition) is 4. The van der Waals surface area contributed by atoms with E-state index in [4.69, 9.17) is 0 Å². The molecular formula is C28H32F6N4O2. The van der Waals surface area contributed by atoms with E-state index in [2.05, 4.69) is 0 Å². The Morgan fingerprint density at radius 3 is 2.00 bits per heavy atom. The van der Waals surface area contributed by atoms with Crippen molar-refractivity contribution in [3.8, 4) is 0 Å². The van der Waals surface area contributed by atoms with Gasteiger partial charge in [-0.25, -0.2) is 0 Å². The molecule has 2 fully saturated rings. The third-order valence-electron chi connectivity index (χ3n) is 7.70. The number of piperidine rings is 1. The Labute approximate surface area is 229 Å².